The van der Waals surface area contributed by atoms with Gasteiger partial charge >= 0.3 is 11.9 Å². The van der Waals surface area contributed by atoms with Crippen molar-refractivity contribution < 1.29 is 29.0 Å². The van der Waals surface area contributed by atoms with Gasteiger partial charge in [0, 0.05) is 12.2 Å². The highest BCUT2D eigenvalue weighted by molar-refractivity contribution is 7.80. The molecular formula is C13H23N3O6S. The third-order valence-electron chi connectivity index (χ3n) is 2.71. The quantitative estimate of drug-likeness (QED) is 0.229. The first-order valence-electron chi connectivity index (χ1n) is 7.13. The van der Waals surface area contributed by atoms with E-state index in [1.807, 2.05) is 6.92 Å². The zero-order valence-corrected chi connectivity index (χ0v) is 13.8. The smallest absolute Gasteiger partial charge is 0.325 e. The van der Waals surface area contributed by atoms with Crippen LogP contribution in [0.5, 0.6) is 0 Å². The Bertz CT molecular complexity index is 432. The van der Waals surface area contributed by atoms with Gasteiger partial charge in [-0.3, -0.25) is 19.2 Å². The van der Waals surface area contributed by atoms with E-state index in [1.54, 1.807) is 0 Å². The van der Waals surface area contributed by atoms with Gasteiger partial charge in [0.2, 0.25) is 11.8 Å². The molecule has 2 atom stereocenters. The first kappa shape index (κ1) is 21.2. The second-order valence-corrected chi connectivity index (χ2v) is 5.09. The molecule has 0 fully saturated rings. The summed E-state index contributed by atoms with van der Waals surface area (Å²) in [6.45, 7) is 1.81. The number of carbonyl (C=O) groups excluding carboxylic acids is 3. The number of carboxylic acids is 1. The molecule has 132 valence electrons. The highest BCUT2D eigenvalue weighted by atomic mass is 32.1. The van der Waals surface area contributed by atoms with Crippen LogP contribution in [0.1, 0.15) is 26.2 Å². The van der Waals surface area contributed by atoms with E-state index in [4.69, 9.17) is 15.6 Å². The SMILES string of the molecule is CCCOC(=O)CNC(=O)C(CS)NC(=O)CCC(N)C(=O)O. The Morgan fingerprint density at radius 1 is 1.30 bits per heavy atom. The van der Waals surface area contributed by atoms with Crippen LogP contribution in [0.3, 0.4) is 0 Å². The van der Waals surface area contributed by atoms with Crippen molar-refractivity contribution in [2.45, 2.75) is 38.3 Å². The Morgan fingerprint density at radius 3 is 2.48 bits per heavy atom. The molecular weight excluding hydrogens is 326 g/mol. The molecule has 0 rings (SSSR count). The second kappa shape index (κ2) is 11.7. The number of ether oxygens (including phenoxy) is 1. The topological polar surface area (TPSA) is 148 Å². The fourth-order valence-electron chi connectivity index (χ4n) is 1.42. The summed E-state index contributed by atoms with van der Waals surface area (Å²) in [5.41, 5.74) is 5.28. The minimum absolute atomic E-state index is 0.0204. The van der Waals surface area contributed by atoms with Gasteiger partial charge in [-0.25, -0.2) is 0 Å². The molecule has 2 unspecified atom stereocenters. The van der Waals surface area contributed by atoms with Crippen LogP contribution in [0, 0.1) is 0 Å². The van der Waals surface area contributed by atoms with Crippen LogP contribution in [0.2, 0.25) is 0 Å². The van der Waals surface area contributed by atoms with Crippen molar-refractivity contribution in [1.29, 1.82) is 0 Å². The van der Waals surface area contributed by atoms with E-state index in [0.717, 1.165) is 0 Å². The van der Waals surface area contributed by atoms with Crippen LogP contribution in [0.25, 0.3) is 0 Å². The van der Waals surface area contributed by atoms with Crippen LogP contribution < -0.4 is 16.4 Å². The summed E-state index contributed by atoms with van der Waals surface area (Å²) >= 11 is 3.96. The summed E-state index contributed by atoms with van der Waals surface area (Å²) < 4.78 is 4.79. The minimum atomic E-state index is -1.20. The normalized spacial score (nSPS) is 12.8. The number of amides is 2. The molecule has 0 spiro atoms. The Kier molecular flexibility index (Phi) is 10.8. The van der Waals surface area contributed by atoms with E-state index >= 15 is 0 Å². The molecule has 0 aromatic heterocycles. The van der Waals surface area contributed by atoms with Crippen LogP contribution >= 0.6 is 12.6 Å². The number of hydrogen-bond acceptors (Lipinski definition) is 7. The van der Waals surface area contributed by atoms with Gasteiger partial charge in [0.1, 0.15) is 18.6 Å². The number of nitrogens with one attached hydrogen (secondary N) is 2. The molecule has 0 saturated carbocycles. The summed E-state index contributed by atoms with van der Waals surface area (Å²) in [5.74, 6) is -2.86. The fourth-order valence-corrected chi connectivity index (χ4v) is 1.68. The van der Waals surface area contributed by atoms with Crippen molar-refractivity contribution in [3.05, 3.63) is 0 Å². The number of esters is 1. The van der Waals surface area contributed by atoms with Crippen LogP contribution in [-0.4, -0.2) is 59.8 Å². The minimum Gasteiger partial charge on any atom is -0.480 e. The maximum Gasteiger partial charge on any atom is 0.325 e. The van der Waals surface area contributed by atoms with Crippen molar-refractivity contribution in [3.8, 4) is 0 Å². The summed E-state index contributed by atoms with van der Waals surface area (Å²) in [7, 11) is 0. The number of carboxylic acid groups (broad SMARTS) is 1. The van der Waals surface area contributed by atoms with Crippen molar-refractivity contribution in [3.63, 3.8) is 0 Å². The van der Waals surface area contributed by atoms with Gasteiger partial charge in [-0.2, -0.15) is 12.6 Å². The van der Waals surface area contributed by atoms with Gasteiger partial charge in [0.25, 0.3) is 0 Å². The third kappa shape index (κ3) is 9.74. The lowest BCUT2D eigenvalue weighted by Crippen LogP contribution is -2.49. The lowest BCUT2D eigenvalue weighted by molar-refractivity contribution is -0.144. The average molecular weight is 349 g/mol. The lowest BCUT2D eigenvalue weighted by Gasteiger charge is -2.16. The first-order chi connectivity index (χ1) is 10.8. The van der Waals surface area contributed by atoms with Gasteiger partial charge in [-0.15, -0.1) is 0 Å². The molecule has 10 heteroatoms. The second-order valence-electron chi connectivity index (χ2n) is 4.72. The highest BCUT2D eigenvalue weighted by Gasteiger charge is 2.21. The number of nitrogens with two attached hydrogens (primary N) is 1. The zero-order chi connectivity index (χ0) is 17.8. The van der Waals surface area contributed by atoms with Crippen LogP contribution in [-0.2, 0) is 23.9 Å². The molecule has 0 aromatic carbocycles. The lowest BCUT2D eigenvalue weighted by atomic mass is 10.1. The van der Waals surface area contributed by atoms with E-state index in [-0.39, 0.29) is 31.7 Å². The number of rotatable bonds is 11. The van der Waals surface area contributed by atoms with E-state index in [0.29, 0.717) is 6.42 Å². The Hall–Kier alpha value is -1.81. The van der Waals surface area contributed by atoms with Crippen molar-refractivity contribution in [1.82, 2.24) is 10.6 Å². The van der Waals surface area contributed by atoms with E-state index in [2.05, 4.69) is 23.3 Å². The maximum absolute atomic E-state index is 11.8. The predicted octanol–water partition coefficient (Wildman–Crippen LogP) is -1.34. The Labute approximate surface area is 139 Å². The van der Waals surface area contributed by atoms with Crippen molar-refractivity contribution >= 4 is 36.4 Å². The van der Waals surface area contributed by atoms with Gasteiger partial charge in [-0.05, 0) is 12.8 Å². The van der Waals surface area contributed by atoms with Crippen molar-refractivity contribution in [2.24, 2.45) is 5.73 Å². The molecule has 0 saturated heterocycles. The number of aliphatic carboxylic acids is 1. The molecule has 2 amide bonds. The highest BCUT2D eigenvalue weighted by Crippen LogP contribution is 1.97. The van der Waals surface area contributed by atoms with Gasteiger partial charge < -0.3 is 26.2 Å². The largest absolute Gasteiger partial charge is 0.480 e. The Balaban J connectivity index is 4.21. The molecule has 0 aliphatic rings. The summed E-state index contributed by atoms with van der Waals surface area (Å²) in [4.78, 5) is 45.3. The first-order valence-corrected chi connectivity index (χ1v) is 7.77. The maximum atomic E-state index is 11.8. The molecule has 23 heavy (non-hydrogen) atoms. The monoisotopic (exact) mass is 349 g/mol. The van der Waals surface area contributed by atoms with Crippen LogP contribution in [0.4, 0.5) is 0 Å². The molecule has 0 aliphatic heterocycles. The molecule has 0 aliphatic carbocycles. The van der Waals surface area contributed by atoms with Crippen molar-refractivity contribution in [2.75, 3.05) is 18.9 Å². The van der Waals surface area contributed by atoms with Gasteiger partial charge in [0.15, 0.2) is 0 Å². The molecule has 5 N–H and O–H groups in total. The van der Waals surface area contributed by atoms with Gasteiger partial charge in [0.05, 0.1) is 6.61 Å². The molecule has 0 aromatic rings. The average Bonchev–Trinajstić information content (AvgIpc) is 2.52. The molecule has 0 bridgehead atoms. The van der Waals surface area contributed by atoms with Gasteiger partial charge in [-0.1, -0.05) is 6.92 Å². The number of hydrogen-bond donors (Lipinski definition) is 5. The molecule has 0 radical (unpaired) electrons. The standard InChI is InChI=1S/C13H23N3O6S/c1-2-5-22-11(18)6-15-12(19)9(7-23)16-10(17)4-3-8(14)13(20)21/h8-9,23H,2-7,14H2,1H3,(H,15,19)(H,16,17)(H,20,21). The van der Waals surface area contributed by atoms with E-state index < -0.39 is 35.8 Å². The zero-order valence-electron chi connectivity index (χ0n) is 12.9. The number of carbonyl (C=O) groups is 4. The van der Waals surface area contributed by atoms with E-state index in [9.17, 15) is 19.2 Å². The van der Waals surface area contributed by atoms with Crippen LogP contribution in [0.15, 0.2) is 0 Å². The summed E-state index contributed by atoms with van der Waals surface area (Å²) in [6.07, 6.45) is 0.489. The third-order valence-corrected chi connectivity index (χ3v) is 3.07. The number of thiol groups is 1. The predicted molar refractivity (Wildman–Crippen MR) is 84.9 cm³/mol. The van der Waals surface area contributed by atoms with E-state index in [1.165, 1.54) is 0 Å². The summed E-state index contributed by atoms with van der Waals surface area (Å²) in [6, 6.07) is -2.08. The molecule has 0 heterocycles. The Morgan fingerprint density at radius 2 is 1.96 bits per heavy atom. The fraction of sp³-hybridized carbons (Fsp3) is 0.692. The summed E-state index contributed by atoms with van der Waals surface area (Å²) in [5, 5.41) is 13.4. The molecule has 9 nitrogen and oxygen atoms in total.